The molecule has 218 valence electrons. The fraction of sp³-hybridized carbons (Fsp3) is 0.880. The molecule has 0 aromatic heterocycles. The molecule has 0 radical (unpaired) electrons. The van der Waals surface area contributed by atoms with Crippen LogP contribution in [0, 0.1) is 11.8 Å². The zero-order chi connectivity index (χ0) is 28.6. The number of carboxylic acid groups (broad SMARTS) is 1. The fourth-order valence-corrected chi connectivity index (χ4v) is 7.13. The van der Waals surface area contributed by atoms with Gasteiger partial charge < -0.3 is 25.2 Å². The van der Waals surface area contributed by atoms with Gasteiger partial charge in [-0.2, -0.15) is 4.31 Å². The number of carboxylic acids is 1. The second kappa shape index (κ2) is 11.7. The van der Waals surface area contributed by atoms with E-state index in [4.69, 9.17) is 4.74 Å². The number of sulfonamides is 1. The molecule has 2 aliphatic heterocycles. The van der Waals surface area contributed by atoms with Gasteiger partial charge in [-0.3, -0.25) is 14.4 Å². The maximum absolute atomic E-state index is 14.0. The quantitative estimate of drug-likeness (QED) is 0.340. The Hall–Kier alpha value is -1.80. The molecule has 0 spiro atoms. The number of likely N-dealkylation sites (N-methyl/N-ethyl adjacent to an activating group) is 1. The Morgan fingerprint density at radius 1 is 1.11 bits per heavy atom. The van der Waals surface area contributed by atoms with Crippen LogP contribution in [0.2, 0.25) is 0 Å². The molecule has 13 heteroatoms. The van der Waals surface area contributed by atoms with Crippen LogP contribution in [0.1, 0.15) is 66.2 Å². The van der Waals surface area contributed by atoms with E-state index in [0.717, 1.165) is 38.4 Å². The Kier molecular flexibility index (Phi) is 9.50. The number of aliphatic carboxylic acids is 1. The summed E-state index contributed by atoms with van der Waals surface area (Å²) in [6, 6.07) is -3.09. The molecule has 0 bridgehead atoms. The van der Waals surface area contributed by atoms with Crippen molar-refractivity contribution in [2.45, 2.75) is 102 Å². The molecule has 6 unspecified atom stereocenters. The highest BCUT2D eigenvalue weighted by atomic mass is 32.2. The molecule has 0 aromatic rings. The zero-order valence-corrected chi connectivity index (χ0v) is 24.1. The van der Waals surface area contributed by atoms with Crippen molar-refractivity contribution in [3.8, 4) is 0 Å². The summed E-state index contributed by atoms with van der Waals surface area (Å²) in [5.41, 5.74) is -0.640. The molecule has 3 rings (SSSR count). The van der Waals surface area contributed by atoms with Crippen molar-refractivity contribution in [1.82, 2.24) is 19.4 Å². The van der Waals surface area contributed by atoms with E-state index in [2.05, 4.69) is 5.32 Å². The molecule has 1 aliphatic carbocycles. The minimum atomic E-state index is -3.65. The van der Waals surface area contributed by atoms with Crippen molar-refractivity contribution < 1.29 is 37.8 Å². The van der Waals surface area contributed by atoms with Gasteiger partial charge in [-0.1, -0.05) is 19.3 Å². The Morgan fingerprint density at radius 3 is 2.24 bits per heavy atom. The van der Waals surface area contributed by atoms with E-state index in [1.165, 1.54) is 14.1 Å². The van der Waals surface area contributed by atoms with E-state index in [1.807, 2.05) is 0 Å². The SMILES string of the molecule is CC(C(=O)NC(C(=O)N1CCC2C1C(C(=O)O)CN2S(C)(=O)=O)C1CCCCC1)N(C)C(O)OC(C)(C)C. The highest BCUT2D eigenvalue weighted by Crippen LogP contribution is 2.38. The molecule has 38 heavy (non-hydrogen) atoms. The summed E-state index contributed by atoms with van der Waals surface area (Å²) in [5.74, 6) is -3.14. The van der Waals surface area contributed by atoms with Gasteiger partial charge in [0.2, 0.25) is 28.3 Å². The maximum Gasteiger partial charge on any atom is 0.310 e. The Balaban J connectivity index is 1.83. The van der Waals surface area contributed by atoms with Crippen LogP contribution in [-0.4, -0.2) is 113 Å². The lowest BCUT2D eigenvalue weighted by atomic mass is 9.83. The number of likely N-dealkylation sites (tertiary alicyclic amines) is 1. The number of ether oxygens (including phenoxy) is 1. The van der Waals surface area contributed by atoms with Crippen LogP contribution in [0.4, 0.5) is 0 Å². The molecule has 1 saturated carbocycles. The summed E-state index contributed by atoms with van der Waals surface area (Å²) in [4.78, 5) is 42.3. The van der Waals surface area contributed by atoms with Gasteiger partial charge in [-0.15, -0.1) is 0 Å². The number of aliphatic hydroxyl groups is 1. The summed E-state index contributed by atoms with van der Waals surface area (Å²) < 4.78 is 31.5. The number of carbonyl (C=O) groups excluding carboxylic acids is 2. The van der Waals surface area contributed by atoms with E-state index in [0.29, 0.717) is 6.42 Å². The van der Waals surface area contributed by atoms with Gasteiger partial charge in [0.05, 0.1) is 29.9 Å². The average molecular weight is 561 g/mol. The molecule has 12 nitrogen and oxygen atoms in total. The van der Waals surface area contributed by atoms with Gasteiger partial charge in [0.15, 0.2) is 0 Å². The largest absolute Gasteiger partial charge is 0.481 e. The second-order valence-electron chi connectivity index (χ2n) is 11.9. The molecule has 3 fully saturated rings. The van der Waals surface area contributed by atoms with Crippen LogP contribution in [0.15, 0.2) is 0 Å². The predicted molar refractivity (Wildman–Crippen MR) is 139 cm³/mol. The van der Waals surface area contributed by atoms with Crippen molar-refractivity contribution in [2.24, 2.45) is 11.8 Å². The van der Waals surface area contributed by atoms with Crippen LogP contribution in [-0.2, 0) is 29.1 Å². The lowest BCUT2D eigenvalue weighted by molar-refractivity contribution is -0.239. The molecule has 2 heterocycles. The third kappa shape index (κ3) is 6.85. The topological polar surface area (TPSA) is 157 Å². The number of carbonyl (C=O) groups is 3. The normalized spacial score (nSPS) is 27.7. The van der Waals surface area contributed by atoms with E-state index >= 15 is 0 Å². The van der Waals surface area contributed by atoms with Crippen LogP contribution < -0.4 is 5.32 Å². The minimum Gasteiger partial charge on any atom is -0.481 e. The summed E-state index contributed by atoms with van der Waals surface area (Å²) >= 11 is 0. The highest BCUT2D eigenvalue weighted by Gasteiger charge is 2.56. The van der Waals surface area contributed by atoms with E-state index in [1.54, 1.807) is 34.7 Å². The number of hydrogen-bond donors (Lipinski definition) is 3. The molecule has 0 aromatic carbocycles. The van der Waals surface area contributed by atoms with Crippen LogP contribution >= 0.6 is 0 Å². The molecule has 6 atom stereocenters. The van der Waals surface area contributed by atoms with E-state index in [-0.39, 0.29) is 24.9 Å². The Morgan fingerprint density at radius 2 is 1.71 bits per heavy atom. The van der Waals surface area contributed by atoms with Crippen molar-refractivity contribution in [2.75, 3.05) is 26.4 Å². The van der Waals surface area contributed by atoms with Gasteiger partial charge in [-0.25, -0.2) is 13.3 Å². The molecule has 3 aliphatic rings. The molecule has 3 N–H and O–H groups in total. The Labute approximate surface area is 225 Å². The van der Waals surface area contributed by atoms with Gasteiger partial charge >= 0.3 is 5.97 Å². The summed E-state index contributed by atoms with van der Waals surface area (Å²) in [6.45, 7) is 7.01. The number of hydrogen-bond acceptors (Lipinski definition) is 8. The van der Waals surface area contributed by atoms with Crippen LogP contribution in [0.5, 0.6) is 0 Å². The smallest absolute Gasteiger partial charge is 0.310 e. The second-order valence-corrected chi connectivity index (χ2v) is 13.9. The number of nitrogens with zero attached hydrogens (tertiary/aromatic N) is 3. The fourth-order valence-electron chi connectivity index (χ4n) is 5.98. The third-order valence-corrected chi connectivity index (χ3v) is 9.36. The number of rotatable bonds is 9. The Bertz CT molecular complexity index is 994. The van der Waals surface area contributed by atoms with Crippen LogP contribution in [0.25, 0.3) is 0 Å². The number of amides is 2. The molecular formula is C25H44N4O8S. The summed E-state index contributed by atoms with van der Waals surface area (Å²) in [6.07, 6.45) is 4.43. The zero-order valence-electron chi connectivity index (χ0n) is 23.3. The third-order valence-electron chi connectivity index (χ3n) is 8.09. The summed E-state index contributed by atoms with van der Waals surface area (Å²) in [7, 11) is -2.10. The lowest BCUT2D eigenvalue weighted by Gasteiger charge is -2.37. The summed E-state index contributed by atoms with van der Waals surface area (Å²) in [5, 5.41) is 23.2. The number of aliphatic hydroxyl groups excluding tert-OH is 1. The number of nitrogens with one attached hydrogen (secondary N) is 1. The molecular weight excluding hydrogens is 516 g/mol. The first-order valence-electron chi connectivity index (χ1n) is 13.4. The minimum absolute atomic E-state index is 0.122. The highest BCUT2D eigenvalue weighted by molar-refractivity contribution is 7.88. The van der Waals surface area contributed by atoms with Crippen molar-refractivity contribution in [3.63, 3.8) is 0 Å². The molecule has 2 amide bonds. The van der Waals surface area contributed by atoms with Crippen LogP contribution in [0.3, 0.4) is 0 Å². The molecule has 2 saturated heterocycles. The average Bonchev–Trinajstić information content (AvgIpc) is 3.40. The van der Waals surface area contributed by atoms with E-state index < -0.39 is 64.0 Å². The van der Waals surface area contributed by atoms with Gasteiger partial charge in [-0.05, 0) is 59.9 Å². The van der Waals surface area contributed by atoms with Crippen molar-refractivity contribution in [3.05, 3.63) is 0 Å². The van der Waals surface area contributed by atoms with E-state index in [9.17, 15) is 33.0 Å². The van der Waals surface area contributed by atoms with Gasteiger partial charge in [0, 0.05) is 19.1 Å². The monoisotopic (exact) mass is 560 g/mol. The van der Waals surface area contributed by atoms with Crippen molar-refractivity contribution in [1.29, 1.82) is 0 Å². The van der Waals surface area contributed by atoms with Crippen molar-refractivity contribution >= 4 is 27.8 Å². The lowest BCUT2D eigenvalue weighted by Crippen LogP contribution is -2.59. The first-order chi connectivity index (χ1) is 17.5. The first-order valence-corrected chi connectivity index (χ1v) is 15.3. The predicted octanol–water partition coefficient (Wildman–Crippen LogP) is 0.408. The van der Waals surface area contributed by atoms with Gasteiger partial charge in [0.25, 0.3) is 0 Å². The number of fused-ring (bicyclic) bond motifs is 1. The maximum atomic E-state index is 14.0. The first kappa shape index (κ1) is 30.7. The standard InChI is InChI=1S/C25H44N4O8S/c1-15(27(5)24(34)37-25(2,3)4)21(30)26-19(16-10-8-7-9-11-16)22(31)28-13-12-18-20(28)17(23(32)33)14-29(18)38(6,35)36/h15-20,24,34H,7-14H2,1-6H3,(H,26,30)(H,32,33). The van der Waals surface area contributed by atoms with Gasteiger partial charge in [0.1, 0.15) is 6.04 Å².